The Morgan fingerprint density at radius 2 is 1.96 bits per heavy atom. The van der Waals surface area contributed by atoms with Crippen molar-refractivity contribution in [3.05, 3.63) is 69.6 Å². The molecule has 0 fully saturated rings. The summed E-state index contributed by atoms with van der Waals surface area (Å²) in [5.41, 5.74) is 0.422. The molecule has 2 aromatic carbocycles. The minimum atomic E-state index is -0.427. The molecule has 0 saturated carbocycles. The number of nitrogens with zero attached hydrogens (tertiary/aromatic N) is 2. The zero-order valence-corrected chi connectivity index (χ0v) is 16.0. The molecule has 0 aliphatic rings. The molecule has 0 aliphatic carbocycles. The van der Waals surface area contributed by atoms with Gasteiger partial charge in [-0.1, -0.05) is 36.7 Å². The Labute approximate surface area is 166 Å². The maximum absolute atomic E-state index is 12.4. The Kier molecular flexibility index (Phi) is 6.06. The number of carbonyl (C=O) groups is 2. The highest BCUT2D eigenvalue weighted by molar-refractivity contribution is 6.34. The number of nitrogens with one attached hydrogen (secondary N) is 2. The average Bonchev–Trinajstić information content (AvgIpc) is 2.68. The fourth-order valence-electron chi connectivity index (χ4n) is 2.69. The molecule has 3 aromatic rings. The van der Waals surface area contributed by atoms with Crippen LogP contribution in [-0.4, -0.2) is 28.1 Å². The smallest absolute Gasteiger partial charge is 0.275 e. The Hall–Kier alpha value is -3.19. The zero-order chi connectivity index (χ0) is 20.1. The number of benzene rings is 2. The SMILES string of the molecule is CCCNC(=O)c1ccc(NC(=O)Cn2ncc3ccccc3c2=O)cc1Cl. The van der Waals surface area contributed by atoms with E-state index in [-0.39, 0.29) is 23.0 Å². The van der Waals surface area contributed by atoms with Gasteiger partial charge in [-0.15, -0.1) is 0 Å². The number of carbonyl (C=O) groups excluding carboxylic acids is 2. The number of fused-ring (bicyclic) bond motifs is 1. The van der Waals surface area contributed by atoms with Crippen LogP contribution in [0.15, 0.2) is 53.5 Å². The third kappa shape index (κ3) is 4.37. The number of hydrogen-bond acceptors (Lipinski definition) is 4. The van der Waals surface area contributed by atoms with Gasteiger partial charge in [0, 0.05) is 17.6 Å². The molecule has 0 atom stereocenters. The van der Waals surface area contributed by atoms with Gasteiger partial charge in [0.1, 0.15) is 6.54 Å². The Morgan fingerprint density at radius 1 is 1.18 bits per heavy atom. The van der Waals surface area contributed by atoms with Crippen LogP contribution in [0, 0.1) is 0 Å². The molecular weight excluding hydrogens is 380 g/mol. The first kappa shape index (κ1) is 19.6. The van der Waals surface area contributed by atoms with Crippen LogP contribution in [0.5, 0.6) is 0 Å². The quantitative estimate of drug-likeness (QED) is 0.667. The molecular formula is C20H19ClN4O3. The molecule has 0 aliphatic heterocycles. The molecule has 2 N–H and O–H groups in total. The summed E-state index contributed by atoms with van der Waals surface area (Å²) in [7, 11) is 0. The molecule has 8 heteroatoms. The van der Waals surface area contributed by atoms with Gasteiger partial charge in [0.05, 0.1) is 22.2 Å². The summed E-state index contributed by atoms with van der Waals surface area (Å²) in [4.78, 5) is 36.8. The lowest BCUT2D eigenvalue weighted by atomic mass is 10.2. The molecule has 1 aromatic heterocycles. The minimum Gasteiger partial charge on any atom is -0.352 e. The predicted octanol–water partition coefficient (Wildman–Crippen LogP) is 2.83. The summed E-state index contributed by atoms with van der Waals surface area (Å²) in [5, 5.41) is 10.9. The van der Waals surface area contributed by atoms with Gasteiger partial charge < -0.3 is 10.6 Å². The highest BCUT2D eigenvalue weighted by atomic mass is 35.5. The number of rotatable bonds is 6. The van der Waals surface area contributed by atoms with E-state index in [1.807, 2.05) is 13.0 Å². The van der Waals surface area contributed by atoms with E-state index in [1.54, 1.807) is 36.5 Å². The largest absolute Gasteiger partial charge is 0.352 e. The molecule has 1 heterocycles. The fourth-order valence-corrected chi connectivity index (χ4v) is 2.95. The third-order valence-electron chi connectivity index (χ3n) is 4.09. The van der Waals surface area contributed by atoms with Crippen molar-refractivity contribution in [2.45, 2.75) is 19.9 Å². The molecule has 0 saturated heterocycles. The standard InChI is InChI=1S/C20H19ClN4O3/c1-2-9-22-19(27)16-8-7-14(10-17(16)21)24-18(26)12-25-20(28)15-6-4-3-5-13(15)11-23-25/h3-8,10-11H,2,9,12H2,1H3,(H,22,27)(H,24,26). The van der Waals surface area contributed by atoms with Crippen molar-refractivity contribution in [1.29, 1.82) is 0 Å². The second kappa shape index (κ2) is 8.67. The van der Waals surface area contributed by atoms with Crippen molar-refractivity contribution in [3.8, 4) is 0 Å². The van der Waals surface area contributed by atoms with E-state index in [0.29, 0.717) is 28.6 Å². The van der Waals surface area contributed by atoms with E-state index >= 15 is 0 Å². The topological polar surface area (TPSA) is 93.1 Å². The van der Waals surface area contributed by atoms with E-state index in [9.17, 15) is 14.4 Å². The number of halogens is 1. The fraction of sp³-hybridized carbons (Fsp3) is 0.200. The Bertz CT molecular complexity index is 1090. The maximum atomic E-state index is 12.4. The summed E-state index contributed by atoms with van der Waals surface area (Å²) >= 11 is 6.16. The average molecular weight is 399 g/mol. The van der Waals surface area contributed by atoms with Crippen LogP contribution in [0.1, 0.15) is 23.7 Å². The lowest BCUT2D eigenvalue weighted by Gasteiger charge is -2.10. The van der Waals surface area contributed by atoms with Crippen LogP contribution < -0.4 is 16.2 Å². The van der Waals surface area contributed by atoms with Gasteiger partial charge in [0.25, 0.3) is 11.5 Å². The van der Waals surface area contributed by atoms with Gasteiger partial charge in [-0.2, -0.15) is 5.10 Å². The summed E-state index contributed by atoms with van der Waals surface area (Å²) in [6.07, 6.45) is 2.37. The molecule has 0 unspecified atom stereocenters. The van der Waals surface area contributed by atoms with Crippen LogP contribution in [-0.2, 0) is 11.3 Å². The van der Waals surface area contributed by atoms with Gasteiger partial charge in [-0.25, -0.2) is 4.68 Å². The molecule has 0 bridgehead atoms. The van der Waals surface area contributed by atoms with Crippen LogP contribution in [0.25, 0.3) is 10.8 Å². The summed E-state index contributed by atoms with van der Waals surface area (Å²) in [6.45, 7) is 2.28. The number of hydrogen-bond donors (Lipinski definition) is 2. The van der Waals surface area contributed by atoms with Crippen molar-refractivity contribution < 1.29 is 9.59 Å². The number of amides is 2. The third-order valence-corrected chi connectivity index (χ3v) is 4.40. The van der Waals surface area contributed by atoms with Crippen LogP contribution >= 0.6 is 11.6 Å². The second-order valence-corrected chi connectivity index (χ2v) is 6.60. The molecule has 0 radical (unpaired) electrons. The molecule has 2 amide bonds. The molecule has 144 valence electrons. The van der Waals surface area contributed by atoms with Crippen molar-refractivity contribution in [2.75, 3.05) is 11.9 Å². The van der Waals surface area contributed by atoms with E-state index < -0.39 is 5.91 Å². The lowest BCUT2D eigenvalue weighted by molar-refractivity contribution is -0.117. The molecule has 0 spiro atoms. The highest BCUT2D eigenvalue weighted by Crippen LogP contribution is 2.21. The zero-order valence-electron chi connectivity index (χ0n) is 15.2. The summed E-state index contributed by atoms with van der Waals surface area (Å²) < 4.78 is 1.10. The van der Waals surface area contributed by atoms with Crippen LogP contribution in [0.3, 0.4) is 0 Å². The van der Waals surface area contributed by atoms with E-state index in [0.717, 1.165) is 11.1 Å². The maximum Gasteiger partial charge on any atom is 0.275 e. The van der Waals surface area contributed by atoms with E-state index in [2.05, 4.69) is 15.7 Å². The molecule has 28 heavy (non-hydrogen) atoms. The lowest BCUT2D eigenvalue weighted by Crippen LogP contribution is -2.29. The first-order valence-electron chi connectivity index (χ1n) is 8.82. The van der Waals surface area contributed by atoms with Gasteiger partial charge in [-0.05, 0) is 30.7 Å². The summed E-state index contributed by atoms with van der Waals surface area (Å²) in [5.74, 6) is -0.694. The second-order valence-electron chi connectivity index (χ2n) is 6.19. The van der Waals surface area contributed by atoms with Gasteiger partial charge in [-0.3, -0.25) is 14.4 Å². The predicted molar refractivity (Wildman–Crippen MR) is 109 cm³/mol. The van der Waals surface area contributed by atoms with Gasteiger partial charge in [0.15, 0.2) is 0 Å². The first-order valence-corrected chi connectivity index (χ1v) is 9.20. The van der Waals surface area contributed by atoms with E-state index in [4.69, 9.17) is 11.6 Å². The Morgan fingerprint density at radius 3 is 2.71 bits per heavy atom. The van der Waals surface area contributed by atoms with Gasteiger partial charge >= 0.3 is 0 Å². The van der Waals surface area contributed by atoms with Crippen LogP contribution in [0.4, 0.5) is 5.69 Å². The minimum absolute atomic E-state index is 0.229. The number of aromatic nitrogens is 2. The Balaban J connectivity index is 1.72. The monoisotopic (exact) mass is 398 g/mol. The van der Waals surface area contributed by atoms with Crippen molar-refractivity contribution in [3.63, 3.8) is 0 Å². The molecule has 3 rings (SSSR count). The first-order chi connectivity index (χ1) is 13.5. The van der Waals surface area contributed by atoms with Crippen molar-refractivity contribution in [1.82, 2.24) is 15.1 Å². The van der Waals surface area contributed by atoms with Crippen molar-refractivity contribution in [2.24, 2.45) is 0 Å². The van der Waals surface area contributed by atoms with E-state index in [1.165, 1.54) is 6.07 Å². The van der Waals surface area contributed by atoms with Crippen molar-refractivity contribution >= 4 is 39.9 Å². The normalized spacial score (nSPS) is 10.6. The summed E-state index contributed by atoms with van der Waals surface area (Å²) in [6, 6.07) is 11.7. The molecule has 7 nitrogen and oxygen atoms in total. The van der Waals surface area contributed by atoms with Crippen LogP contribution in [0.2, 0.25) is 5.02 Å². The number of anilines is 1. The highest BCUT2D eigenvalue weighted by Gasteiger charge is 2.12. The van der Waals surface area contributed by atoms with Gasteiger partial charge in [0.2, 0.25) is 5.91 Å².